The van der Waals surface area contributed by atoms with Gasteiger partial charge in [0.2, 0.25) is 0 Å². The Labute approximate surface area is 255 Å². The predicted octanol–water partition coefficient (Wildman–Crippen LogP) is 6.45. The van der Waals surface area contributed by atoms with Crippen LogP contribution in [-0.4, -0.2) is 56.4 Å². The number of aromatic nitrogens is 4. The third-order valence-electron chi connectivity index (χ3n) is 9.10. The lowest BCUT2D eigenvalue weighted by atomic mass is 9.62. The molecule has 2 aromatic heterocycles. The molecule has 1 saturated carbocycles. The molecule has 2 fully saturated rings. The number of amides is 1. The molecule has 3 aromatic rings. The first kappa shape index (κ1) is 30.5. The lowest BCUT2D eigenvalue weighted by molar-refractivity contribution is 0.0995. The average molecular weight is 590 g/mol. The lowest BCUT2D eigenvalue weighted by Gasteiger charge is -2.42. The number of carbonyl (C=O) groups is 1. The molecule has 0 unspecified atom stereocenters. The summed E-state index contributed by atoms with van der Waals surface area (Å²) in [6, 6.07) is 8.79. The highest BCUT2D eigenvalue weighted by atomic mass is 32.2. The summed E-state index contributed by atoms with van der Waals surface area (Å²) in [6.45, 7) is 12.9. The average Bonchev–Trinajstić information content (AvgIpc) is 3.53. The number of aryl methyl sites for hydroxylation is 1. The molecule has 6 rings (SSSR count). The van der Waals surface area contributed by atoms with Gasteiger partial charge in [-0.25, -0.2) is 4.98 Å². The van der Waals surface area contributed by atoms with Gasteiger partial charge in [0.05, 0.1) is 6.54 Å². The van der Waals surface area contributed by atoms with Crippen molar-refractivity contribution in [1.29, 1.82) is 0 Å². The Morgan fingerprint density at radius 3 is 2.60 bits per heavy atom. The zero-order valence-corrected chi connectivity index (χ0v) is 27.1. The fourth-order valence-corrected chi connectivity index (χ4v) is 7.44. The van der Waals surface area contributed by atoms with Gasteiger partial charge in [-0.15, -0.1) is 22.0 Å². The maximum Gasteiger partial charge on any atom is 0.260 e. The van der Waals surface area contributed by atoms with Gasteiger partial charge in [-0.3, -0.25) is 14.6 Å². The maximum atomic E-state index is 14.0. The number of anilines is 2. The Kier molecular flexibility index (Phi) is 9.57. The van der Waals surface area contributed by atoms with Crippen molar-refractivity contribution >= 4 is 29.3 Å². The van der Waals surface area contributed by atoms with E-state index in [9.17, 15) is 4.79 Å². The molecule has 0 bridgehead atoms. The van der Waals surface area contributed by atoms with E-state index in [4.69, 9.17) is 4.98 Å². The van der Waals surface area contributed by atoms with Crippen LogP contribution >= 0.6 is 11.8 Å². The van der Waals surface area contributed by atoms with Crippen molar-refractivity contribution in [2.24, 2.45) is 13.0 Å². The van der Waals surface area contributed by atoms with E-state index >= 15 is 0 Å². The number of likely N-dealkylation sites (tertiary alicyclic amines) is 1. The van der Waals surface area contributed by atoms with Crippen LogP contribution in [0, 0.1) is 5.92 Å². The summed E-state index contributed by atoms with van der Waals surface area (Å²) in [7, 11) is 2.01. The van der Waals surface area contributed by atoms with Gasteiger partial charge >= 0.3 is 0 Å². The van der Waals surface area contributed by atoms with Crippen LogP contribution < -0.4 is 10.2 Å². The number of thioether (sulfide) groups is 1. The minimum absolute atomic E-state index is 0.0124. The smallest absolute Gasteiger partial charge is 0.260 e. The third kappa shape index (κ3) is 6.09. The second-order valence-corrected chi connectivity index (χ2v) is 12.8. The van der Waals surface area contributed by atoms with E-state index in [0.717, 1.165) is 79.9 Å². The minimum atomic E-state index is -0.0124. The second kappa shape index (κ2) is 13.2. The van der Waals surface area contributed by atoms with Crippen molar-refractivity contribution in [3.63, 3.8) is 0 Å². The molecule has 1 aromatic carbocycles. The van der Waals surface area contributed by atoms with Crippen LogP contribution in [0.3, 0.4) is 0 Å². The number of fused-ring (bicyclic) bond motifs is 1. The summed E-state index contributed by atoms with van der Waals surface area (Å²) in [5, 5.41) is 11.9. The molecule has 2 aliphatic heterocycles. The van der Waals surface area contributed by atoms with Crippen LogP contribution in [0.2, 0.25) is 0 Å². The molecule has 1 N–H and O–H groups in total. The molecule has 9 heteroatoms. The van der Waals surface area contributed by atoms with Crippen molar-refractivity contribution in [3.05, 3.63) is 58.7 Å². The summed E-state index contributed by atoms with van der Waals surface area (Å²) in [6.07, 6.45) is 10.7. The number of rotatable bonds is 9. The highest BCUT2D eigenvalue weighted by molar-refractivity contribution is 7.98. The summed E-state index contributed by atoms with van der Waals surface area (Å²) in [5.41, 5.74) is 4.42. The Morgan fingerprint density at radius 1 is 1.14 bits per heavy atom. The molecule has 0 spiro atoms. The molecule has 1 atom stereocenters. The van der Waals surface area contributed by atoms with E-state index in [-0.39, 0.29) is 11.3 Å². The van der Waals surface area contributed by atoms with Crippen LogP contribution in [0.15, 0.2) is 35.5 Å². The van der Waals surface area contributed by atoms with Crippen molar-refractivity contribution in [1.82, 2.24) is 24.6 Å². The van der Waals surface area contributed by atoms with Crippen LogP contribution in [-0.2, 0) is 32.0 Å². The molecular weight excluding hydrogens is 542 g/mol. The lowest BCUT2D eigenvalue weighted by Crippen LogP contribution is -2.38. The highest BCUT2D eigenvalue weighted by Crippen LogP contribution is 2.47. The first-order valence-electron chi connectivity index (χ1n) is 15.7. The first-order chi connectivity index (χ1) is 20.4. The zero-order valence-electron chi connectivity index (χ0n) is 26.2. The Balaban J connectivity index is 0.00000173. The van der Waals surface area contributed by atoms with Gasteiger partial charge in [0.25, 0.3) is 5.91 Å². The van der Waals surface area contributed by atoms with Crippen LogP contribution in [0.5, 0.6) is 0 Å². The Hall–Kier alpha value is -2.91. The van der Waals surface area contributed by atoms with Gasteiger partial charge in [0.15, 0.2) is 0 Å². The number of pyridine rings is 1. The quantitative estimate of drug-likeness (QED) is 0.288. The summed E-state index contributed by atoms with van der Waals surface area (Å²) in [5.74, 6) is 3.35. The van der Waals surface area contributed by atoms with E-state index in [1.54, 1.807) is 18.1 Å². The monoisotopic (exact) mass is 589 g/mol. The van der Waals surface area contributed by atoms with Crippen LogP contribution in [0.1, 0.15) is 92.7 Å². The van der Waals surface area contributed by atoms with E-state index in [1.165, 1.54) is 35.3 Å². The number of hydrogen-bond donors (Lipinski definition) is 1. The van der Waals surface area contributed by atoms with Gasteiger partial charge < -0.3 is 9.88 Å². The van der Waals surface area contributed by atoms with Crippen molar-refractivity contribution < 1.29 is 4.79 Å². The van der Waals surface area contributed by atoms with Gasteiger partial charge in [0, 0.05) is 49.0 Å². The summed E-state index contributed by atoms with van der Waals surface area (Å²) >= 11 is 1.74. The SMILES string of the molecule is CC.CCNc1cc(C2(Cc3nncn3C)CCC2)cc(N2Cc3c(SC)cc(CN4CCC[C@H](C)C4)cc3C2=O)n1. The van der Waals surface area contributed by atoms with Gasteiger partial charge in [0.1, 0.15) is 23.8 Å². The summed E-state index contributed by atoms with van der Waals surface area (Å²) < 4.78 is 2.01. The highest BCUT2D eigenvalue weighted by Gasteiger charge is 2.41. The van der Waals surface area contributed by atoms with Gasteiger partial charge in [-0.05, 0) is 92.3 Å². The van der Waals surface area contributed by atoms with E-state index in [0.29, 0.717) is 6.54 Å². The van der Waals surface area contributed by atoms with Crippen LogP contribution in [0.4, 0.5) is 11.6 Å². The number of piperidine rings is 1. The fraction of sp³-hybridized carbons (Fsp3) is 0.576. The van der Waals surface area contributed by atoms with Crippen molar-refractivity contribution in [3.8, 4) is 0 Å². The molecule has 4 heterocycles. The molecular formula is C33H47N7OS. The van der Waals surface area contributed by atoms with Crippen molar-refractivity contribution in [2.45, 2.75) is 89.6 Å². The molecule has 3 aliphatic rings. The first-order valence-corrected chi connectivity index (χ1v) is 16.9. The second-order valence-electron chi connectivity index (χ2n) is 12.0. The Morgan fingerprint density at radius 2 is 1.95 bits per heavy atom. The number of nitrogens with zero attached hydrogens (tertiary/aromatic N) is 6. The maximum absolute atomic E-state index is 14.0. The Bertz CT molecular complexity index is 1400. The number of hydrogen-bond acceptors (Lipinski definition) is 7. The zero-order chi connectivity index (χ0) is 29.9. The molecule has 8 nitrogen and oxygen atoms in total. The molecule has 1 saturated heterocycles. The molecule has 1 amide bonds. The normalized spacial score (nSPS) is 19.6. The number of carbonyl (C=O) groups excluding carboxylic acids is 1. The molecule has 42 heavy (non-hydrogen) atoms. The van der Waals surface area contributed by atoms with Gasteiger partial charge in [-0.1, -0.05) is 27.2 Å². The number of benzene rings is 1. The largest absolute Gasteiger partial charge is 0.370 e. The van der Waals surface area contributed by atoms with E-state index in [2.05, 4.69) is 64.8 Å². The number of nitrogens with one attached hydrogen (secondary N) is 1. The topological polar surface area (TPSA) is 79.2 Å². The molecule has 0 radical (unpaired) electrons. The molecule has 1 aliphatic carbocycles. The fourth-order valence-electron chi connectivity index (χ4n) is 6.75. The third-order valence-corrected chi connectivity index (χ3v) is 9.90. The van der Waals surface area contributed by atoms with E-state index < -0.39 is 0 Å². The van der Waals surface area contributed by atoms with Gasteiger partial charge in [-0.2, -0.15) is 0 Å². The van der Waals surface area contributed by atoms with Crippen LogP contribution in [0.25, 0.3) is 0 Å². The standard InChI is InChI=1S/C31H41N7OS.C2H6/c1-5-32-27-14-23(31(9-7-10-31)16-29-35-33-20-36(29)3)15-28(34-27)38-19-25-24(30(38)39)12-22(13-26(25)40-4)18-37-11-6-8-21(2)17-37;1-2/h12-15,20-21H,5-11,16-19H2,1-4H3,(H,32,34);1-2H3/t21-;/m0./s1. The molecule has 226 valence electrons. The van der Waals surface area contributed by atoms with Crippen molar-refractivity contribution in [2.75, 3.05) is 36.1 Å². The predicted molar refractivity (Wildman–Crippen MR) is 172 cm³/mol. The van der Waals surface area contributed by atoms with E-state index in [1.807, 2.05) is 30.4 Å². The summed E-state index contributed by atoms with van der Waals surface area (Å²) in [4.78, 5) is 24.6. The minimum Gasteiger partial charge on any atom is -0.370 e.